The van der Waals surface area contributed by atoms with Crippen LogP contribution in [0.15, 0.2) is 35.6 Å². The lowest BCUT2D eigenvalue weighted by Gasteiger charge is -2.20. The van der Waals surface area contributed by atoms with Gasteiger partial charge in [-0.15, -0.1) is 0 Å². The summed E-state index contributed by atoms with van der Waals surface area (Å²) in [6.45, 7) is 5.33. The molecule has 2 aromatic rings. The highest BCUT2D eigenvalue weighted by molar-refractivity contribution is 6.34. The van der Waals surface area contributed by atoms with Crippen molar-refractivity contribution in [1.82, 2.24) is 20.4 Å². The normalized spacial score (nSPS) is 14.2. The third-order valence-corrected chi connectivity index (χ3v) is 4.28. The van der Waals surface area contributed by atoms with E-state index in [1.807, 2.05) is 26.1 Å². The second-order valence-corrected chi connectivity index (χ2v) is 7.20. The summed E-state index contributed by atoms with van der Waals surface area (Å²) in [4.78, 5) is 4.49. The largest absolute Gasteiger partial charge is 0.383 e. The van der Waals surface area contributed by atoms with Gasteiger partial charge in [0.25, 0.3) is 0 Å². The first-order valence-electron chi connectivity index (χ1n) is 8.49. The summed E-state index contributed by atoms with van der Waals surface area (Å²) in [5.41, 5.74) is 0.693. The zero-order valence-electron chi connectivity index (χ0n) is 15.3. The Bertz CT molecular complexity index is 738. The molecule has 0 aliphatic heterocycles. The summed E-state index contributed by atoms with van der Waals surface area (Å²) >= 11 is 12.1. The van der Waals surface area contributed by atoms with Gasteiger partial charge in [-0.05, 0) is 44.0 Å². The molecule has 0 radical (unpaired) electrons. The minimum absolute atomic E-state index is 0.219. The highest BCUT2D eigenvalue weighted by atomic mass is 35.5. The first kappa shape index (κ1) is 20.6. The third kappa shape index (κ3) is 6.20. The molecule has 0 aliphatic carbocycles. The maximum atomic E-state index is 10.6. The maximum absolute atomic E-state index is 10.6. The van der Waals surface area contributed by atoms with Crippen molar-refractivity contribution in [2.75, 3.05) is 19.6 Å². The first-order chi connectivity index (χ1) is 12.3. The molecule has 2 rings (SSSR count). The van der Waals surface area contributed by atoms with Gasteiger partial charge in [0.15, 0.2) is 5.96 Å². The van der Waals surface area contributed by atoms with Gasteiger partial charge in [0, 0.05) is 41.9 Å². The third-order valence-electron chi connectivity index (χ3n) is 3.84. The summed E-state index contributed by atoms with van der Waals surface area (Å²) in [5.74, 6) is 0.643. The van der Waals surface area contributed by atoms with Gasteiger partial charge in [-0.3, -0.25) is 4.68 Å². The number of benzene rings is 1. The highest BCUT2D eigenvalue weighted by Crippen LogP contribution is 2.20. The Morgan fingerprint density at radius 3 is 2.54 bits per heavy atom. The second-order valence-electron chi connectivity index (χ2n) is 6.33. The van der Waals surface area contributed by atoms with Gasteiger partial charge < -0.3 is 15.7 Å². The van der Waals surface area contributed by atoms with Crippen molar-refractivity contribution in [1.29, 1.82) is 0 Å². The van der Waals surface area contributed by atoms with Crippen LogP contribution in [0, 0.1) is 0 Å². The number of nitrogens with zero attached hydrogens (tertiary/aromatic N) is 3. The lowest BCUT2D eigenvalue weighted by atomic mass is 10.0. The molecule has 0 saturated heterocycles. The van der Waals surface area contributed by atoms with E-state index in [2.05, 4.69) is 20.7 Å². The van der Waals surface area contributed by atoms with Crippen molar-refractivity contribution >= 4 is 29.2 Å². The molecule has 0 amide bonds. The summed E-state index contributed by atoms with van der Waals surface area (Å²) in [5, 5.41) is 22.4. The predicted molar refractivity (Wildman–Crippen MR) is 107 cm³/mol. The van der Waals surface area contributed by atoms with E-state index in [1.54, 1.807) is 30.1 Å². The molecule has 6 nitrogen and oxygen atoms in total. The van der Waals surface area contributed by atoms with E-state index in [0.717, 1.165) is 24.1 Å². The quantitative estimate of drug-likeness (QED) is 0.495. The highest BCUT2D eigenvalue weighted by Gasteiger charge is 2.24. The molecule has 1 heterocycles. The Morgan fingerprint density at radius 1 is 1.27 bits per heavy atom. The SMILES string of the molecule is CCNC(=NCC(C)(O)c1cnn(C)c1)NCCc1cc(Cl)cc(Cl)c1. The van der Waals surface area contributed by atoms with Crippen molar-refractivity contribution in [3.63, 3.8) is 0 Å². The lowest BCUT2D eigenvalue weighted by Crippen LogP contribution is -2.39. The molecule has 0 spiro atoms. The van der Waals surface area contributed by atoms with Crippen LogP contribution in [0.25, 0.3) is 0 Å². The number of aromatic nitrogens is 2. The molecule has 142 valence electrons. The molecule has 8 heteroatoms. The standard InChI is InChI=1S/C18H25Cl2N5O/c1-4-21-17(22-6-5-13-7-15(19)9-16(20)8-13)23-12-18(2,26)14-10-24-25(3)11-14/h7-11,26H,4-6,12H2,1-3H3,(H2,21,22,23). The molecule has 3 N–H and O–H groups in total. The Kier molecular flexibility index (Phi) is 7.32. The van der Waals surface area contributed by atoms with Gasteiger partial charge >= 0.3 is 0 Å². The molecular weight excluding hydrogens is 373 g/mol. The molecule has 0 bridgehead atoms. The monoisotopic (exact) mass is 397 g/mol. The molecule has 1 atom stereocenters. The van der Waals surface area contributed by atoms with Crippen molar-refractivity contribution < 1.29 is 5.11 Å². The number of aliphatic hydroxyl groups is 1. The van der Waals surface area contributed by atoms with Gasteiger partial charge in [0.05, 0.1) is 12.7 Å². The summed E-state index contributed by atoms with van der Waals surface area (Å²) in [7, 11) is 1.82. The smallest absolute Gasteiger partial charge is 0.191 e. The summed E-state index contributed by atoms with van der Waals surface area (Å²) < 4.78 is 1.66. The molecule has 1 aromatic heterocycles. The van der Waals surface area contributed by atoms with Gasteiger partial charge in [-0.2, -0.15) is 5.10 Å². The molecule has 1 aromatic carbocycles. The molecule has 0 fully saturated rings. The molecule has 26 heavy (non-hydrogen) atoms. The van der Waals surface area contributed by atoms with Crippen LogP contribution in [0.1, 0.15) is 25.0 Å². The van der Waals surface area contributed by atoms with Crippen LogP contribution in [-0.2, 0) is 19.1 Å². The predicted octanol–water partition coefficient (Wildman–Crippen LogP) is 2.73. The first-order valence-corrected chi connectivity index (χ1v) is 9.24. The Balaban J connectivity index is 1.95. The molecular formula is C18H25Cl2N5O. The van der Waals surface area contributed by atoms with Crippen molar-refractivity contribution in [2.24, 2.45) is 12.0 Å². The minimum atomic E-state index is -1.09. The van der Waals surface area contributed by atoms with Crippen molar-refractivity contribution in [2.45, 2.75) is 25.9 Å². The van der Waals surface area contributed by atoms with E-state index in [1.165, 1.54) is 0 Å². The second kappa shape index (κ2) is 9.26. The van der Waals surface area contributed by atoms with Crippen LogP contribution in [0.4, 0.5) is 0 Å². The van der Waals surface area contributed by atoms with Gasteiger partial charge in [-0.1, -0.05) is 23.2 Å². The fourth-order valence-electron chi connectivity index (χ4n) is 2.45. The van der Waals surface area contributed by atoms with E-state index in [0.29, 0.717) is 22.5 Å². The number of nitrogens with one attached hydrogen (secondary N) is 2. The molecule has 0 saturated carbocycles. The van der Waals surface area contributed by atoms with Crippen LogP contribution < -0.4 is 10.6 Å². The summed E-state index contributed by atoms with van der Waals surface area (Å²) in [6, 6.07) is 5.50. The molecule has 1 unspecified atom stereocenters. The van der Waals surface area contributed by atoms with Crippen LogP contribution in [-0.4, -0.2) is 40.5 Å². The van der Waals surface area contributed by atoms with Crippen molar-refractivity contribution in [3.8, 4) is 0 Å². The maximum Gasteiger partial charge on any atom is 0.191 e. The zero-order valence-corrected chi connectivity index (χ0v) is 16.8. The fraction of sp³-hybridized carbons (Fsp3) is 0.444. The Hall–Kier alpha value is -1.76. The average molecular weight is 398 g/mol. The lowest BCUT2D eigenvalue weighted by molar-refractivity contribution is 0.0672. The van der Waals surface area contributed by atoms with Crippen LogP contribution in [0.5, 0.6) is 0 Å². The van der Waals surface area contributed by atoms with E-state index in [-0.39, 0.29) is 6.54 Å². The average Bonchev–Trinajstić information content (AvgIpc) is 2.99. The van der Waals surface area contributed by atoms with Gasteiger partial charge in [-0.25, -0.2) is 4.99 Å². The Labute approximate surface area is 164 Å². The number of aryl methyl sites for hydroxylation is 1. The zero-order chi connectivity index (χ0) is 19.2. The van der Waals surface area contributed by atoms with Gasteiger partial charge in [0.1, 0.15) is 5.60 Å². The van der Waals surface area contributed by atoms with Gasteiger partial charge in [0.2, 0.25) is 0 Å². The van der Waals surface area contributed by atoms with E-state index in [9.17, 15) is 5.11 Å². The summed E-state index contributed by atoms with van der Waals surface area (Å²) in [6.07, 6.45) is 4.20. The van der Waals surface area contributed by atoms with E-state index >= 15 is 0 Å². The fourth-order valence-corrected chi connectivity index (χ4v) is 3.02. The van der Waals surface area contributed by atoms with Crippen molar-refractivity contribution in [3.05, 3.63) is 51.8 Å². The number of rotatable bonds is 7. The molecule has 0 aliphatic rings. The minimum Gasteiger partial charge on any atom is -0.383 e. The number of hydrogen-bond acceptors (Lipinski definition) is 3. The Morgan fingerprint density at radius 2 is 1.96 bits per heavy atom. The van der Waals surface area contributed by atoms with Crippen LogP contribution in [0.3, 0.4) is 0 Å². The van der Waals surface area contributed by atoms with Crippen LogP contribution in [0.2, 0.25) is 10.0 Å². The van der Waals surface area contributed by atoms with E-state index < -0.39 is 5.60 Å². The number of guanidine groups is 1. The van der Waals surface area contributed by atoms with Crippen LogP contribution >= 0.6 is 23.2 Å². The topological polar surface area (TPSA) is 74.5 Å². The number of hydrogen-bond donors (Lipinski definition) is 3. The number of aliphatic imine (C=N–C) groups is 1. The van der Waals surface area contributed by atoms with E-state index in [4.69, 9.17) is 23.2 Å². The number of halogens is 2.